The van der Waals surface area contributed by atoms with E-state index in [2.05, 4.69) is 5.32 Å². The van der Waals surface area contributed by atoms with Gasteiger partial charge in [-0.25, -0.2) is 0 Å². The third-order valence-electron chi connectivity index (χ3n) is 3.54. The smallest absolute Gasteiger partial charge is 0.333 e. The lowest BCUT2D eigenvalue weighted by Gasteiger charge is -2.17. The highest BCUT2D eigenvalue weighted by Crippen LogP contribution is 2.34. The molecule has 1 aromatic heterocycles. The quantitative estimate of drug-likeness (QED) is 0.789. The summed E-state index contributed by atoms with van der Waals surface area (Å²) in [5, 5.41) is 4.10. The van der Waals surface area contributed by atoms with Gasteiger partial charge in [-0.15, -0.1) is 11.3 Å². The van der Waals surface area contributed by atoms with Crippen molar-refractivity contribution in [3.63, 3.8) is 0 Å². The number of hydrogen-bond acceptors (Lipinski definition) is 3. The van der Waals surface area contributed by atoms with E-state index in [1.54, 1.807) is 6.08 Å². The van der Waals surface area contributed by atoms with Crippen molar-refractivity contribution in [2.45, 2.75) is 13.1 Å². The number of nitrogens with one attached hydrogen (secondary N) is 1. The summed E-state index contributed by atoms with van der Waals surface area (Å²) in [6.45, 7) is 1.55. The summed E-state index contributed by atoms with van der Waals surface area (Å²) in [5.74, 6) is -1.13. The summed E-state index contributed by atoms with van der Waals surface area (Å²) in [6.07, 6.45) is -1.60. The van der Waals surface area contributed by atoms with Crippen LogP contribution in [-0.2, 0) is 15.8 Å². The molecule has 0 aliphatic carbocycles. The van der Waals surface area contributed by atoms with Gasteiger partial charge in [0.2, 0.25) is 11.8 Å². The Kier molecular flexibility index (Phi) is 6.20. The Balaban J connectivity index is 1.98. The molecule has 4 nitrogen and oxygen atoms in total. The molecular formula is C18H17F3N2O2S. The number of aryl methyl sites for hydroxylation is 1. The maximum atomic E-state index is 12.9. The van der Waals surface area contributed by atoms with Crippen molar-refractivity contribution in [3.05, 3.63) is 57.8 Å². The van der Waals surface area contributed by atoms with E-state index in [1.165, 1.54) is 42.7 Å². The Morgan fingerprint density at radius 1 is 1.23 bits per heavy atom. The summed E-state index contributed by atoms with van der Waals surface area (Å²) in [4.78, 5) is 26.1. The number of thiophene rings is 1. The predicted molar refractivity (Wildman–Crippen MR) is 95.8 cm³/mol. The Labute approximate surface area is 152 Å². The zero-order valence-electron chi connectivity index (χ0n) is 14.1. The number of hydrogen-bond donors (Lipinski definition) is 1. The zero-order valence-corrected chi connectivity index (χ0v) is 14.9. The average molecular weight is 382 g/mol. The highest BCUT2D eigenvalue weighted by Gasteiger charge is 2.33. The number of amides is 2. The van der Waals surface area contributed by atoms with Gasteiger partial charge in [-0.1, -0.05) is 12.1 Å². The molecule has 0 saturated heterocycles. The number of halogens is 3. The van der Waals surface area contributed by atoms with Crippen LogP contribution < -0.4 is 5.32 Å². The number of carbonyl (C=O) groups is 2. The number of rotatable bonds is 5. The van der Waals surface area contributed by atoms with Gasteiger partial charge < -0.3 is 10.2 Å². The lowest BCUT2D eigenvalue weighted by Crippen LogP contribution is -2.34. The topological polar surface area (TPSA) is 49.4 Å². The lowest BCUT2D eigenvalue weighted by molar-refractivity contribution is -0.137. The van der Waals surface area contributed by atoms with Crippen LogP contribution in [0.3, 0.4) is 0 Å². The van der Waals surface area contributed by atoms with E-state index in [1.807, 2.05) is 18.4 Å². The molecule has 2 amide bonds. The molecule has 1 N–H and O–H groups in total. The summed E-state index contributed by atoms with van der Waals surface area (Å²) >= 11 is 1.48. The Morgan fingerprint density at radius 3 is 2.54 bits per heavy atom. The van der Waals surface area contributed by atoms with Gasteiger partial charge in [0.1, 0.15) is 0 Å². The molecule has 0 bridgehead atoms. The van der Waals surface area contributed by atoms with Crippen LogP contribution in [0.2, 0.25) is 0 Å². The molecule has 0 fully saturated rings. The van der Waals surface area contributed by atoms with Gasteiger partial charge in [0.25, 0.3) is 0 Å². The Morgan fingerprint density at radius 2 is 1.92 bits per heavy atom. The number of benzene rings is 1. The van der Waals surface area contributed by atoms with Crippen molar-refractivity contribution in [3.8, 4) is 0 Å². The molecule has 0 radical (unpaired) electrons. The van der Waals surface area contributed by atoms with Gasteiger partial charge in [-0.3, -0.25) is 9.59 Å². The largest absolute Gasteiger partial charge is 0.418 e. The first-order chi connectivity index (χ1) is 12.2. The second-order valence-electron chi connectivity index (χ2n) is 5.59. The highest BCUT2D eigenvalue weighted by molar-refractivity contribution is 7.11. The van der Waals surface area contributed by atoms with Crippen LogP contribution in [0.25, 0.3) is 6.08 Å². The normalized spacial score (nSPS) is 11.6. The standard InChI is InChI=1S/C18H17F3N2O2S/c1-12-9-10-26-15(12)7-8-17(25)23(2)11-16(24)22-14-6-4-3-5-13(14)18(19,20)21/h3-10H,11H2,1-2H3,(H,22,24)/b8-7+. The van der Waals surface area contributed by atoms with E-state index in [0.717, 1.165) is 21.4 Å². The van der Waals surface area contributed by atoms with Gasteiger partial charge >= 0.3 is 6.18 Å². The van der Waals surface area contributed by atoms with Crippen LogP contribution in [0.15, 0.2) is 41.8 Å². The molecule has 0 aliphatic rings. The van der Waals surface area contributed by atoms with E-state index in [9.17, 15) is 22.8 Å². The predicted octanol–water partition coefficient (Wildman–Crippen LogP) is 4.19. The van der Waals surface area contributed by atoms with E-state index in [-0.39, 0.29) is 12.2 Å². The van der Waals surface area contributed by atoms with Gasteiger partial charge in [0.05, 0.1) is 17.8 Å². The number of nitrogens with zero attached hydrogens (tertiary/aromatic N) is 1. The second kappa shape index (κ2) is 8.18. The fraction of sp³-hybridized carbons (Fsp3) is 0.222. The second-order valence-corrected chi connectivity index (χ2v) is 6.53. The van der Waals surface area contributed by atoms with Crippen molar-refractivity contribution in [1.82, 2.24) is 4.90 Å². The third-order valence-corrected chi connectivity index (χ3v) is 4.53. The van der Waals surface area contributed by atoms with E-state index >= 15 is 0 Å². The molecule has 0 saturated carbocycles. The average Bonchev–Trinajstić information content (AvgIpc) is 2.97. The Bertz CT molecular complexity index is 828. The molecule has 138 valence electrons. The minimum absolute atomic E-state index is 0.337. The summed E-state index contributed by atoms with van der Waals surface area (Å²) in [5.41, 5.74) is -0.241. The fourth-order valence-corrected chi connectivity index (χ4v) is 2.97. The SMILES string of the molecule is Cc1ccsc1/C=C/C(=O)N(C)CC(=O)Nc1ccccc1C(F)(F)F. The van der Waals surface area contributed by atoms with Crippen molar-refractivity contribution < 1.29 is 22.8 Å². The molecule has 26 heavy (non-hydrogen) atoms. The maximum absolute atomic E-state index is 12.9. The molecule has 2 rings (SSSR count). The minimum atomic E-state index is -4.58. The molecular weight excluding hydrogens is 365 g/mol. The summed E-state index contributed by atoms with van der Waals surface area (Å²) in [7, 11) is 1.41. The number of alkyl halides is 3. The van der Waals surface area contributed by atoms with Gasteiger partial charge in [0, 0.05) is 18.0 Å². The highest BCUT2D eigenvalue weighted by atomic mass is 32.1. The summed E-state index contributed by atoms with van der Waals surface area (Å²) < 4.78 is 38.8. The van der Waals surface area contributed by atoms with E-state index < -0.39 is 23.6 Å². The van der Waals surface area contributed by atoms with Gasteiger partial charge in [0.15, 0.2) is 0 Å². The van der Waals surface area contributed by atoms with Crippen molar-refractivity contribution >= 4 is 34.9 Å². The molecule has 2 aromatic rings. The molecule has 1 aromatic carbocycles. The molecule has 8 heteroatoms. The van der Waals surface area contributed by atoms with E-state index in [0.29, 0.717) is 0 Å². The number of para-hydroxylation sites is 1. The number of carbonyl (C=O) groups excluding carboxylic acids is 2. The van der Waals surface area contributed by atoms with Gasteiger partial charge in [-0.05, 0) is 42.1 Å². The molecule has 0 spiro atoms. The van der Waals surface area contributed by atoms with Gasteiger partial charge in [-0.2, -0.15) is 13.2 Å². The van der Waals surface area contributed by atoms with Crippen LogP contribution in [0, 0.1) is 6.92 Å². The third kappa shape index (κ3) is 5.19. The van der Waals surface area contributed by atoms with Crippen LogP contribution in [0.4, 0.5) is 18.9 Å². The molecule has 0 atom stereocenters. The first-order valence-electron chi connectivity index (χ1n) is 7.62. The van der Waals surface area contributed by atoms with E-state index in [4.69, 9.17) is 0 Å². The first-order valence-corrected chi connectivity index (χ1v) is 8.50. The van der Waals surface area contributed by atoms with Crippen LogP contribution in [0.5, 0.6) is 0 Å². The molecule has 0 unspecified atom stereocenters. The van der Waals surface area contributed by atoms with Crippen molar-refractivity contribution in [1.29, 1.82) is 0 Å². The Hall–Kier alpha value is -2.61. The monoisotopic (exact) mass is 382 g/mol. The lowest BCUT2D eigenvalue weighted by atomic mass is 10.1. The van der Waals surface area contributed by atoms with Crippen LogP contribution in [0.1, 0.15) is 16.0 Å². The van der Waals surface area contributed by atoms with Crippen LogP contribution in [-0.4, -0.2) is 30.3 Å². The fourth-order valence-electron chi connectivity index (χ4n) is 2.15. The first kappa shape index (κ1) is 19.7. The van der Waals surface area contributed by atoms with Crippen LogP contribution >= 0.6 is 11.3 Å². The molecule has 0 aliphatic heterocycles. The summed E-state index contributed by atoms with van der Waals surface area (Å²) in [6, 6.07) is 6.61. The number of likely N-dealkylation sites (N-methyl/N-ethyl adjacent to an activating group) is 1. The molecule has 1 heterocycles. The number of anilines is 1. The minimum Gasteiger partial charge on any atom is -0.333 e. The van der Waals surface area contributed by atoms with Crippen molar-refractivity contribution in [2.75, 3.05) is 18.9 Å². The zero-order chi connectivity index (χ0) is 19.3. The maximum Gasteiger partial charge on any atom is 0.418 e. The van der Waals surface area contributed by atoms with Crippen molar-refractivity contribution in [2.24, 2.45) is 0 Å².